The quantitative estimate of drug-likeness (QED) is 0.732. The Morgan fingerprint density at radius 2 is 2.20 bits per heavy atom. The van der Waals surface area contributed by atoms with E-state index in [0.717, 1.165) is 0 Å². The predicted molar refractivity (Wildman–Crippen MR) is 57.7 cm³/mol. The highest BCUT2D eigenvalue weighted by Gasteiger charge is 2.03. The lowest BCUT2D eigenvalue weighted by molar-refractivity contribution is -0.134. The van der Waals surface area contributed by atoms with E-state index in [4.69, 9.17) is 10.8 Å². The van der Waals surface area contributed by atoms with Gasteiger partial charge in [0.05, 0.1) is 0 Å². The number of carboxylic acid groups (broad SMARTS) is 1. The summed E-state index contributed by atoms with van der Waals surface area (Å²) in [7, 11) is 0. The zero-order valence-electron chi connectivity index (χ0n) is 7.87. The molecule has 0 aliphatic rings. The first-order chi connectivity index (χ1) is 6.63. The third kappa shape index (κ3) is 4.14. The lowest BCUT2D eigenvalue weighted by Crippen LogP contribution is -2.14. The number of halogens is 2. The van der Waals surface area contributed by atoms with Crippen LogP contribution in [0.25, 0.3) is 0 Å². The molecule has 1 rings (SSSR count). The summed E-state index contributed by atoms with van der Waals surface area (Å²) in [5.74, 6) is -1.42. The fourth-order valence-electron chi connectivity index (χ4n) is 1.06. The summed E-state index contributed by atoms with van der Waals surface area (Å²) in [4.78, 5) is 10.3. The van der Waals surface area contributed by atoms with Crippen LogP contribution in [0, 0.1) is 5.82 Å². The number of carbonyl (C=O) groups is 1. The summed E-state index contributed by atoms with van der Waals surface area (Å²) in [6.07, 6.45) is 0. The van der Waals surface area contributed by atoms with Crippen LogP contribution in [0.1, 0.15) is 5.56 Å². The summed E-state index contributed by atoms with van der Waals surface area (Å²) >= 11 is 0. The lowest BCUT2D eigenvalue weighted by Gasteiger charge is -2.08. The van der Waals surface area contributed by atoms with Crippen LogP contribution in [-0.2, 0) is 11.3 Å². The first-order valence-corrected chi connectivity index (χ1v) is 4.07. The van der Waals surface area contributed by atoms with Crippen LogP contribution >= 0.6 is 12.4 Å². The maximum absolute atomic E-state index is 12.8. The Morgan fingerprint density at radius 1 is 1.53 bits per heavy atom. The van der Waals surface area contributed by atoms with Gasteiger partial charge in [0.1, 0.15) is 12.4 Å². The van der Waals surface area contributed by atoms with Crippen LogP contribution < -0.4 is 11.1 Å². The molecule has 0 heterocycles. The molecular formula is C9H12ClFN2O2. The van der Waals surface area contributed by atoms with Crippen LogP contribution in [0.3, 0.4) is 0 Å². The van der Waals surface area contributed by atoms with Crippen LogP contribution in [0.5, 0.6) is 0 Å². The van der Waals surface area contributed by atoms with Gasteiger partial charge in [-0.3, -0.25) is 4.79 Å². The minimum absolute atomic E-state index is 0. The molecule has 1 aromatic carbocycles. The van der Waals surface area contributed by atoms with E-state index in [1.807, 2.05) is 0 Å². The van der Waals surface area contributed by atoms with Gasteiger partial charge in [0.2, 0.25) is 0 Å². The van der Waals surface area contributed by atoms with Gasteiger partial charge in [-0.05, 0) is 17.7 Å². The topological polar surface area (TPSA) is 75.3 Å². The standard InChI is InChI=1S/C9H11FN2O2.ClH/c10-7-2-1-6(4-11)8(3-7)12-5-9(13)14;/h1-3,12H,4-5,11H2,(H,13,14);1H. The number of hydrogen-bond donors (Lipinski definition) is 3. The highest BCUT2D eigenvalue weighted by Crippen LogP contribution is 2.16. The Labute approximate surface area is 92.7 Å². The minimum atomic E-state index is -1.00. The summed E-state index contributed by atoms with van der Waals surface area (Å²) < 4.78 is 12.8. The lowest BCUT2D eigenvalue weighted by atomic mass is 10.1. The molecule has 0 amide bonds. The Kier molecular flexibility index (Phi) is 5.66. The first kappa shape index (κ1) is 13.7. The van der Waals surface area contributed by atoms with Crippen LogP contribution in [0.4, 0.5) is 10.1 Å². The fourth-order valence-corrected chi connectivity index (χ4v) is 1.06. The molecule has 0 spiro atoms. The van der Waals surface area contributed by atoms with Gasteiger partial charge in [-0.15, -0.1) is 12.4 Å². The molecular weight excluding hydrogens is 223 g/mol. The molecule has 4 nitrogen and oxygen atoms in total. The van der Waals surface area contributed by atoms with Crippen molar-refractivity contribution in [3.8, 4) is 0 Å². The number of carboxylic acids is 1. The van der Waals surface area contributed by atoms with Gasteiger partial charge in [0.15, 0.2) is 0 Å². The van der Waals surface area contributed by atoms with Crippen molar-refractivity contribution in [1.82, 2.24) is 0 Å². The molecule has 15 heavy (non-hydrogen) atoms. The van der Waals surface area contributed by atoms with E-state index in [9.17, 15) is 9.18 Å². The average molecular weight is 235 g/mol. The molecule has 0 radical (unpaired) electrons. The molecule has 0 aliphatic heterocycles. The number of benzene rings is 1. The second kappa shape index (κ2) is 6.21. The molecule has 4 N–H and O–H groups in total. The maximum Gasteiger partial charge on any atom is 0.322 e. The van der Waals surface area contributed by atoms with Crippen LogP contribution in [0.15, 0.2) is 18.2 Å². The van der Waals surface area contributed by atoms with Crippen molar-refractivity contribution in [2.45, 2.75) is 6.54 Å². The van der Waals surface area contributed by atoms with Gasteiger partial charge in [0.25, 0.3) is 0 Å². The number of anilines is 1. The maximum atomic E-state index is 12.8. The molecule has 0 aliphatic carbocycles. The summed E-state index contributed by atoms with van der Waals surface area (Å²) in [6.45, 7) is -0.0152. The highest BCUT2D eigenvalue weighted by atomic mass is 35.5. The van der Waals surface area contributed by atoms with Crippen molar-refractivity contribution in [3.05, 3.63) is 29.6 Å². The zero-order chi connectivity index (χ0) is 10.6. The molecule has 84 valence electrons. The van der Waals surface area contributed by atoms with Crippen molar-refractivity contribution < 1.29 is 14.3 Å². The summed E-state index contributed by atoms with van der Waals surface area (Å²) in [5.41, 5.74) is 6.51. The molecule has 0 fully saturated rings. The number of aliphatic carboxylic acids is 1. The predicted octanol–water partition coefficient (Wildman–Crippen LogP) is 1.20. The normalized spacial score (nSPS) is 9.20. The number of rotatable bonds is 4. The molecule has 0 bridgehead atoms. The third-order valence-corrected chi connectivity index (χ3v) is 1.72. The summed E-state index contributed by atoms with van der Waals surface area (Å²) in [5, 5.41) is 11.0. The molecule has 0 saturated carbocycles. The Bertz CT molecular complexity index is 347. The van der Waals surface area contributed by atoms with Gasteiger partial charge >= 0.3 is 5.97 Å². The van der Waals surface area contributed by atoms with Crippen LogP contribution in [-0.4, -0.2) is 17.6 Å². The Balaban J connectivity index is 0.00000196. The molecule has 0 unspecified atom stereocenters. The Morgan fingerprint density at radius 3 is 2.73 bits per heavy atom. The van der Waals surface area contributed by atoms with Gasteiger partial charge in [0, 0.05) is 12.2 Å². The first-order valence-electron chi connectivity index (χ1n) is 4.07. The number of nitrogens with one attached hydrogen (secondary N) is 1. The molecule has 0 atom stereocenters. The van der Waals surface area contributed by atoms with E-state index in [-0.39, 0.29) is 25.5 Å². The van der Waals surface area contributed by atoms with Gasteiger partial charge in [-0.1, -0.05) is 6.07 Å². The number of nitrogens with two attached hydrogens (primary N) is 1. The summed E-state index contributed by atoms with van der Waals surface area (Å²) in [6, 6.07) is 4.04. The van der Waals surface area contributed by atoms with E-state index < -0.39 is 11.8 Å². The average Bonchev–Trinajstić information content (AvgIpc) is 2.15. The highest BCUT2D eigenvalue weighted by molar-refractivity contribution is 5.85. The van der Waals surface area contributed by atoms with E-state index in [2.05, 4.69) is 5.32 Å². The SMILES string of the molecule is Cl.NCc1ccc(F)cc1NCC(=O)O. The van der Waals surface area contributed by atoms with E-state index >= 15 is 0 Å². The van der Waals surface area contributed by atoms with E-state index in [1.165, 1.54) is 18.2 Å². The van der Waals surface area contributed by atoms with Crippen molar-refractivity contribution in [3.63, 3.8) is 0 Å². The minimum Gasteiger partial charge on any atom is -0.480 e. The van der Waals surface area contributed by atoms with Gasteiger partial charge < -0.3 is 16.2 Å². The third-order valence-electron chi connectivity index (χ3n) is 1.72. The number of hydrogen-bond acceptors (Lipinski definition) is 3. The van der Waals surface area contributed by atoms with Crippen molar-refractivity contribution in [2.24, 2.45) is 5.73 Å². The second-order valence-electron chi connectivity index (χ2n) is 2.75. The molecule has 0 aromatic heterocycles. The zero-order valence-corrected chi connectivity index (χ0v) is 8.68. The fraction of sp³-hybridized carbons (Fsp3) is 0.222. The van der Waals surface area contributed by atoms with E-state index in [1.54, 1.807) is 0 Å². The largest absolute Gasteiger partial charge is 0.480 e. The second-order valence-corrected chi connectivity index (χ2v) is 2.75. The van der Waals surface area contributed by atoms with Gasteiger partial charge in [-0.25, -0.2) is 4.39 Å². The van der Waals surface area contributed by atoms with Crippen molar-refractivity contribution >= 4 is 24.1 Å². The van der Waals surface area contributed by atoms with Crippen LogP contribution in [0.2, 0.25) is 0 Å². The monoisotopic (exact) mass is 234 g/mol. The molecule has 1 aromatic rings. The van der Waals surface area contributed by atoms with Gasteiger partial charge in [-0.2, -0.15) is 0 Å². The van der Waals surface area contributed by atoms with E-state index in [0.29, 0.717) is 11.3 Å². The van der Waals surface area contributed by atoms with Crippen molar-refractivity contribution in [2.75, 3.05) is 11.9 Å². The van der Waals surface area contributed by atoms with Crippen molar-refractivity contribution in [1.29, 1.82) is 0 Å². The smallest absolute Gasteiger partial charge is 0.322 e. The molecule has 6 heteroatoms. The Hall–Kier alpha value is -1.33. The molecule has 0 saturated heterocycles.